The molecule has 0 unspecified atom stereocenters. The van der Waals surface area contributed by atoms with Gasteiger partial charge in [0.2, 0.25) is 16.0 Å². The number of aromatic nitrogens is 4. The molecule has 2 saturated heterocycles. The van der Waals surface area contributed by atoms with E-state index in [1.807, 2.05) is 13.0 Å². The van der Waals surface area contributed by atoms with Crippen LogP contribution in [0.2, 0.25) is 5.02 Å². The van der Waals surface area contributed by atoms with Crippen LogP contribution in [0.25, 0.3) is 11.3 Å². The molecule has 4 N–H and O–H groups in total. The fraction of sp³-hybridized carbons (Fsp3) is 0.519. The predicted octanol–water partition coefficient (Wildman–Crippen LogP) is 4.38. The molecule has 0 atom stereocenters. The van der Waals surface area contributed by atoms with Crippen molar-refractivity contribution in [1.29, 1.82) is 0 Å². The summed E-state index contributed by atoms with van der Waals surface area (Å²) >= 11 is 6.77. The van der Waals surface area contributed by atoms with Crippen LogP contribution in [0, 0.1) is 20.8 Å². The number of H-pyrrole nitrogens is 1. The molecule has 0 aliphatic carbocycles. The lowest BCUT2D eigenvalue weighted by atomic mass is 9.84. The maximum Gasteiger partial charge on any atom is 0.222 e. The van der Waals surface area contributed by atoms with Crippen LogP contribution in [0.3, 0.4) is 0 Å². The maximum absolute atomic E-state index is 12.3. The summed E-state index contributed by atoms with van der Waals surface area (Å²) in [6, 6.07) is 6.26. The Morgan fingerprint density at radius 2 is 1.82 bits per heavy atom. The average molecular weight is 573 g/mol. The molecule has 2 aliphatic rings. The van der Waals surface area contributed by atoms with Crippen LogP contribution >= 0.6 is 11.6 Å². The fourth-order valence-corrected chi connectivity index (χ4v) is 7.30. The second-order valence-corrected chi connectivity index (χ2v) is 13.2. The molecule has 210 valence electrons. The minimum Gasteiger partial charge on any atom is -0.368 e. The number of nitrogens with one attached hydrogen (secondary N) is 2. The van der Waals surface area contributed by atoms with Crippen molar-refractivity contribution in [1.82, 2.24) is 29.4 Å². The highest BCUT2D eigenvalue weighted by Gasteiger charge is 2.28. The third-order valence-electron chi connectivity index (χ3n) is 7.80. The van der Waals surface area contributed by atoms with E-state index in [0.29, 0.717) is 47.8 Å². The molecule has 0 radical (unpaired) electrons. The minimum atomic E-state index is -3.07. The van der Waals surface area contributed by atoms with Gasteiger partial charge < -0.3 is 16.0 Å². The summed E-state index contributed by atoms with van der Waals surface area (Å²) in [6.07, 6.45) is 3.78. The van der Waals surface area contributed by atoms with Gasteiger partial charge in [0.05, 0.1) is 11.4 Å². The van der Waals surface area contributed by atoms with Crippen LogP contribution in [-0.4, -0.2) is 76.3 Å². The largest absolute Gasteiger partial charge is 0.368 e. The predicted molar refractivity (Wildman–Crippen MR) is 156 cm³/mol. The number of nitrogens with zero attached hydrogens (tertiary/aromatic N) is 5. The van der Waals surface area contributed by atoms with Crippen molar-refractivity contribution in [3.63, 3.8) is 0 Å². The Kier molecular flexibility index (Phi) is 8.14. The fourth-order valence-electron chi connectivity index (χ4n) is 5.50. The quantitative estimate of drug-likeness (QED) is 0.344. The van der Waals surface area contributed by atoms with E-state index in [1.54, 1.807) is 4.31 Å². The number of rotatable bonds is 9. The third kappa shape index (κ3) is 6.21. The number of aryl methyl sites for hydroxylation is 3. The molecular formula is C27H37ClN8O2S. The summed E-state index contributed by atoms with van der Waals surface area (Å²) < 4.78 is 26.2. The number of anilines is 3. The molecule has 10 nitrogen and oxygen atoms in total. The first-order valence-corrected chi connectivity index (χ1v) is 15.5. The summed E-state index contributed by atoms with van der Waals surface area (Å²) in [6.45, 7) is 10.3. The molecule has 4 heterocycles. The molecule has 0 bridgehead atoms. The number of hydrogen-bond acceptors (Lipinski definition) is 8. The number of sulfonamides is 1. The van der Waals surface area contributed by atoms with E-state index in [0.717, 1.165) is 55.7 Å². The number of likely N-dealkylation sites (tertiary alicyclic amines) is 1. The zero-order valence-corrected chi connectivity index (χ0v) is 24.4. The van der Waals surface area contributed by atoms with Crippen molar-refractivity contribution < 1.29 is 8.42 Å². The molecule has 5 rings (SSSR count). The Morgan fingerprint density at radius 3 is 2.46 bits per heavy atom. The first kappa shape index (κ1) is 27.8. The third-order valence-corrected chi connectivity index (χ3v) is 10.1. The number of hydrogen-bond donors (Lipinski definition) is 3. The average Bonchev–Trinajstić information content (AvgIpc) is 3.26. The van der Waals surface area contributed by atoms with Crippen LogP contribution < -0.4 is 11.1 Å². The van der Waals surface area contributed by atoms with Crippen molar-refractivity contribution in [2.75, 3.05) is 49.5 Å². The van der Waals surface area contributed by atoms with Crippen LogP contribution in [0.5, 0.6) is 0 Å². The Labute approximate surface area is 235 Å². The lowest BCUT2D eigenvalue weighted by Crippen LogP contribution is -2.43. The minimum absolute atomic E-state index is 0.135. The molecule has 0 amide bonds. The number of nitrogens with two attached hydrogens (primary N) is 1. The van der Waals surface area contributed by atoms with Crippen molar-refractivity contribution in [2.45, 2.75) is 52.4 Å². The van der Waals surface area contributed by atoms with Crippen molar-refractivity contribution >= 4 is 39.2 Å². The Balaban J connectivity index is 1.25. The zero-order valence-electron chi connectivity index (χ0n) is 22.8. The van der Waals surface area contributed by atoms with Gasteiger partial charge in [-0.15, -0.1) is 0 Å². The SMILES string of the molecule is Cc1cc(Nc2nc(N)nc(-c3cc(C)c(C4CCN(CCCS(=O)(=O)N5CCC5)CC4)cc3C)c2Cl)n[nH]1. The molecule has 12 heteroatoms. The van der Waals surface area contributed by atoms with Gasteiger partial charge in [-0.1, -0.05) is 17.7 Å². The molecule has 2 aliphatic heterocycles. The van der Waals surface area contributed by atoms with Gasteiger partial charge in [-0.2, -0.15) is 10.1 Å². The van der Waals surface area contributed by atoms with Crippen LogP contribution in [0.1, 0.15) is 54.0 Å². The Hall–Kier alpha value is -2.73. The van der Waals surface area contributed by atoms with Gasteiger partial charge in [0.1, 0.15) is 5.02 Å². The highest BCUT2D eigenvalue weighted by molar-refractivity contribution is 7.89. The second-order valence-electron chi connectivity index (χ2n) is 10.7. The van der Waals surface area contributed by atoms with E-state index in [1.165, 1.54) is 11.1 Å². The van der Waals surface area contributed by atoms with E-state index in [4.69, 9.17) is 17.3 Å². The summed E-state index contributed by atoms with van der Waals surface area (Å²) in [7, 11) is -3.07. The molecule has 0 spiro atoms. The molecule has 2 aromatic heterocycles. The molecule has 39 heavy (non-hydrogen) atoms. The lowest BCUT2D eigenvalue weighted by molar-refractivity contribution is 0.212. The number of aromatic amines is 1. The van der Waals surface area contributed by atoms with Gasteiger partial charge in [-0.3, -0.25) is 5.10 Å². The van der Waals surface area contributed by atoms with E-state index in [2.05, 4.69) is 56.4 Å². The first-order chi connectivity index (χ1) is 18.6. The molecular weight excluding hydrogens is 536 g/mol. The number of piperidine rings is 1. The maximum atomic E-state index is 12.3. The first-order valence-electron chi connectivity index (χ1n) is 13.5. The smallest absolute Gasteiger partial charge is 0.222 e. The van der Waals surface area contributed by atoms with E-state index in [9.17, 15) is 8.42 Å². The standard InChI is InChI=1S/C27H37ClN8O2S/c1-17-15-22(25-24(28)26(32-27(29)31-25)30-23-16-19(3)33-34-23)18(2)14-21(17)20-6-11-35(12-7-20)8-5-13-39(37,38)36-9-4-10-36/h14-16,20H,4-13H2,1-3H3,(H4,29,30,31,32,33,34). The summed E-state index contributed by atoms with van der Waals surface area (Å²) in [5.41, 5.74) is 12.1. The number of benzene rings is 1. The van der Waals surface area contributed by atoms with Gasteiger partial charge in [0, 0.05) is 30.4 Å². The van der Waals surface area contributed by atoms with Gasteiger partial charge >= 0.3 is 0 Å². The van der Waals surface area contributed by atoms with Crippen molar-refractivity contribution in [2.24, 2.45) is 0 Å². The van der Waals surface area contributed by atoms with Gasteiger partial charge in [0.15, 0.2) is 11.6 Å². The van der Waals surface area contributed by atoms with Crippen LogP contribution in [0.15, 0.2) is 18.2 Å². The number of nitrogen functional groups attached to an aromatic ring is 1. The van der Waals surface area contributed by atoms with Gasteiger partial charge in [-0.05, 0) is 94.8 Å². The van der Waals surface area contributed by atoms with E-state index >= 15 is 0 Å². The highest BCUT2D eigenvalue weighted by atomic mass is 35.5. The number of halogens is 1. The molecule has 2 fully saturated rings. The summed E-state index contributed by atoms with van der Waals surface area (Å²) in [5, 5.41) is 10.6. The molecule has 1 aromatic carbocycles. The van der Waals surface area contributed by atoms with Crippen LogP contribution in [-0.2, 0) is 10.0 Å². The molecule has 3 aromatic rings. The van der Waals surface area contributed by atoms with Gasteiger partial charge in [-0.25, -0.2) is 17.7 Å². The topological polar surface area (TPSA) is 133 Å². The van der Waals surface area contributed by atoms with Crippen molar-refractivity contribution in [3.05, 3.63) is 45.6 Å². The van der Waals surface area contributed by atoms with Gasteiger partial charge in [0.25, 0.3) is 0 Å². The molecule has 0 saturated carbocycles. The lowest BCUT2D eigenvalue weighted by Gasteiger charge is -2.34. The summed E-state index contributed by atoms with van der Waals surface area (Å²) in [4.78, 5) is 11.2. The second kappa shape index (κ2) is 11.4. The van der Waals surface area contributed by atoms with E-state index < -0.39 is 10.0 Å². The normalized spacial score (nSPS) is 17.3. The monoisotopic (exact) mass is 572 g/mol. The zero-order chi connectivity index (χ0) is 27.7. The highest BCUT2D eigenvalue weighted by Crippen LogP contribution is 2.38. The summed E-state index contributed by atoms with van der Waals surface area (Å²) in [5.74, 6) is 1.87. The van der Waals surface area contributed by atoms with E-state index in [-0.39, 0.29) is 11.7 Å². The Bertz CT molecular complexity index is 1450. The van der Waals surface area contributed by atoms with Crippen molar-refractivity contribution in [3.8, 4) is 11.3 Å². The van der Waals surface area contributed by atoms with Crippen LogP contribution in [0.4, 0.5) is 17.6 Å². The Morgan fingerprint density at radius 1 is 1.08 bits per heavy atom.